The molecule has 2 amide bonds. The molecule has 3 rings (SSSR count). The second-order valence-electron chi connectivity index (χ2n) is 7.23. The second kappa shape index (κ2) is 9.74. The van der Waals surface area contributed by atoms with Gasteiger partial charge in [0.25, 0.3) is 11.8 Å². The number of rotatable bonds is 7. The van der Waals surface area contributed by atoms with E-state index in [1.165, 1.54) is 0 Å². The van der Waals surface area contributed by atoms with Crippen molar-refractivity contribution in [2.24, 2.45) is 0 Å². The van der Waals surface area contributed by atoms with Crippen molar-refractivity contribution in [3.05, 3.63) is 95.1 Å². The minimum atomic E-state index is -0.716. The Kier molecular flexibility index (Phi) is 6.86. The van der Waals surface area contributed by atoms with E-state index in [1.807, 2.05) is 62.4 Å². The molecule has 154 valence electrons. The quantitative estimate of drug-likeness (QED) is 0.605. The number of aryl methyl sites for hydroxylation is 2. The molecule has 1 atom stereocenters. The topological polar surface area (TPSA) is 67.4 Å². The molecule has 3 aromatic carbocycles. The molecule has 0 heterocycles. The third-order valence-corrected chi connectivity index (χ3v) is 4.73. The van der Waals surface area contributed by atoms with Crippen LogP contribution in [0.2, 0.25) is 0 Å². The number of carbonyl (C=O) groups is 2. The summed E-state index contributed by atoms with van der Waals surface area (Å²) in [7, 11) is 0. The van der Waals surface area contributed by atoms with E-state index in [-0.39, 0.29) is 11.8 Å². The van der Waals surface area contributed by atoms with Crippen molar-refractivity contribution in [3.8, 4) is 5.75 Å². The maximum Gasteiger partial charge on any atom is 0.265 e. The Morgan fingerprint density at radius 3 is 2.37 bits per heavy atom. The smallest absolute Gasteiger partial charge is 0.265 e. The zero-order chi connectivity index (χ0) is 21.5. The Morgan fingerprint density at radius 1 is 0.933 bits per heavy atom. The number of anilines is 1. The summed E-state index contributed by atoms with van der Waals surface area (Å²) in [5.74, 6) is 0.0909. The van der Waals surface area contributed by atoms with Gasteiger partial charge in [-0.1, -0.05) is 60.2 Å². The standard InChI is InChI=1S/C25H26N2O3/c1-17-13-14-23(18(2)15-17)30-19(3)24(28)27-22-12-8-7-11-21(22)25(29)26-16-20-9-5-4-6-10-20/h4-15,19H,16H2,1-3H3,(H,26,29)(H,27,28)/t19-/m0/s1. The largest absolute Gasteiger partial charge is 0.481 e. The number of hydrogen-bond donors (Lipinski definition) is 2. The molecule has 0 fully saturated rings. The number of ether oxygens (including phenoxy) is 1. The molecule has 5 heteroatoms. The van der Waals surface area contributed by atoms with Crippen molar-refractivity contribution < 1.29 is 14.3 Å². The van der Waals surface area contributed by atoms with Crippen LogP contribution in [-0.4, -0.2) is 17.9 Å². The zero-order valence-corrected chi connectivity index (χ0v) is 17.4. The summed E-state index contributed by atoms with van der Waals surface area (Å²) in [5.41, 5.74) is 3.95. The van der Waals surface area contributed by atoms with Gasteiger partial charge in [0.1, 0.15) is 5.75 Å². The summed E-state index contributed by atoms with van der Waals surface area (Å²) < 4.78 is 5.83. The molecule has 0 saturated heterocycles. The van der Waals surface area contributed by atoms with Crippen LogP contribution in [0, 0.1) is 13.8 Å². The zero-order valence-electron chi connectivity index (χ0n) is 17.4. The summed E-state index contributed by atoms with van der Waals surface area (Å²) in [6.45, 7) is 6.05. The first-order valence-electron chi connectivity index (χ1n) is 9.90. The third-order valence-electron chi connectivity index (χ3n) is 4.73. The first-order chi connectivity index (χ1) is 14.4. The molecule has 0 aliphatic heterocycles. The highest BCUT2D eigenvalue weighted by Gasteiger charge is 2.19. The minimum absolute atomic E-state index is 0.252. The summed E-state index contributed by atoms with van der Waals surface area (Å²) in [6, 6.07) is 22.4. The van der Waals surface area contributed by atoms with E-state index in [0.29, 0.717) is 23.5 Å². The number of benzene rings is 3. The lowest BCUT2D eigenvalue weighted by Crippen LogP contribution is -2.32. The number of amides is 2. The number of carbonyl (C=O) groups excluding carboxylic acids is 2. The van der Waals surface area contributed by atoms with Gasteiger partial charge in [0.15, 0.2) is 6.10 Å². The fraction of sp³-hybridized carbons (Fsp3) is 0.200. The van der Waals surface area contributed by atoms with Crippen LogP contribution in [0.3, 0.4) is 0 Å². The van der Waals surface area contributed by atoms with Crippen LogP contribution in [0.15, 0.2) is 72.8 Å². The van der Waals surface area contributed by atoms with Crippen molar-refractivity contribution in [2.75, 3.05) is 5.32 Å². The van der Waals surface area contributed by atoms with Gasteiger partial charge in [-0.3, -0.25) is 9.59 Å². The predicted octanol–water partition coefficient (Wildman–Crippen LogP) is 4.64. The van der Waals surface area contributed by atoms with E-state index < -0.39 is 6.10 Å². The Balaban J connectivity index is 1.66. The molecular weight excluding hydrogens is 376 g/mol. The molecule has 0 aliphatic rings. The highest BCUT2D eigenvalue weighted by molar-refractivity contribution is 6.04. The normalized spacial score (nSPS) is 11.4. The van der Waals surface area contributed by atoms with Crippen molar-refractivity contribution in [2.45, 2.75) is 33.4 Å². The van der Waals surface area contributed by atoms with Gasteiger partial charge in [-0.15, -0.1) is 0 Å². The van der Waals surface area contributed by atoms with E-state index in [9.17, 15) is 9.59 Å². The Labute approximate surface area is 177 Å². The molecule has 0 saturated carbocycles. The van der Waals surface area contributed by atoms with E-state index in [2.05, 4.69) is 10.6 Å². The predicted molar refractivity (Wildman–Crippen MR) is 119 cm³/mol. The fourth-order valence-electron chi connectivity index (χ4n) is 3.07. The molecule has 0 aromatic heterocycles. The molecular formula is C25H26N2O3. The van der Waals surface area contributed by atoms with Crippen molar-refractivity contribution >= 4 is 17.5 Å². The lowest BCUT2D eigenvalue weighted by molar-refractivity contribution is -0.122. The number of para-hydroxylation sites is 1. The third kappa shape index (κ3) is 5.47. The lowest BCUT2D eigenvalue weighted by Gasteiger charge is -2.18. The van der Waals surface area contributed by atoms with E-state index in [0.717, 1.165) is 16.7 Å². The summed E-state index contributed by atoms with van der Waals surface area (Å²) >= 11 is 0. The van der Waals surface area contributed by atoms with Crippen LogP contribution < -0.4 is 15.4 Å². The van der Waals surface area contributed by atoms with Gasteiger partial charge in [0.05, 0.1) is 11.3 Å². The second-order valence-corrected chi connectivity index (χ2v) is 7.23. The molecule has 0 bridgehead atoms. The van der Waals surface area contributed by atoms with Crippen LogP contribution in [0.5, 0.6) is 5.75 Å². The molecule has 2 N–H and O–H groups in total. The first-order valence-corrected chi connectivity index (χ1v) is 9.90. The maximum atomic E-state index is 12.7. The average molecular weight is 402 g/mol. The molecule has 3 aromatic rings. The summed E-state index contributed by atoms with van der Waals surface area (Å²) in [4.78, 5) is 25.3. The van der Waals surface area contributed by atoms with Gasteiger partial charge in [0.2, 0.25) is 0 Å². The molecule has 0 unspecified atom stereocenters. The van der Waals surface area contributed by atoms with E-state index in [4.69, 9.17) is 4.74 Å². The molecule has 0 radical (unpaired) electrons. The molecule has 0 aliphatic carbocycles. The Bertz CT molecular complexity index is 1030. The van der Waals surface area contributed by atoms with Crippen molar-refractivity contribution in [1.82, 2.24) is 5.32 Å². The summed E-state index contributed by atoms with van der Waals surface area (Å²) in [6.07, 6.45) is -0.716. The van der Waals surface area contributed by atoms with Gasteiger partial charge >= 0.3 is 0 Å². The Hall–Kier alpha value is -3.60. The molecule has 30 heavy (non-hydrogen) atoms. The highest BCUT2D eigenvalue weighted by atomic mass is 16.5. The number of hydrogen-bond acceptors (Lipinski definition) is 3. The van der Waals surface area contributed by atoms with Gasteiger partial charge in [-0.05, 0) is 50.1 Å². The van der Waals surface area contributed by atoms with Crippen LogP contribution in [-0.2, 0) is 11.3 Å². The summed E-state index contributed by atoms with van der Waals surface area (Å²) in [5, 5.41) is 5.70. The average Bonchev–Trinajstić information content (AvgIpc) is 2.75. The van der Waals surface area contributed by atoms with E-state index >= 15 is 0 Å². The van der Waals surface area contributed by atoms with Gasteiger partial charge < -0.3 is 15.4 Å². The van der Waals surface area contributed by atoms with Crippen molar-refractivity contribution in [3.63, 3.8) is 0 Å². The van der Waals surface area contributed by atoms with Crippen LogP contribution >= 0.6 is 0 Å². The van der Waals surface area contributed by atoms with Gasteiger partial charge in [0, 0.05) is 6.54 Å². The molecule has 0 spiro atoms. The van der Waals surface area contributed by atoms with Crippen molar-refractivity contribution in [1.29, 1.82) is 0 Å². The maximum absolute atomic E-state index is 12.7. The van der Waals surface area contributed by atoms with Crippen LogP contribution in [0.25, 0.3) is 0 Å². The number of nitrogens with one attached hydrogen (secondary N) is 2. The SMILES string of the molecule is Cc1ccc(O[C@@H](C)C(=O)Nc2ccccc2C(=O)NCc2ccccc2)c(C)c1. The van der Waals surface area contributed by atoms with Crippen LogP contribution in [0.4, 0.5) is 5.69 Å². The van der Waals surface area contributed by atoms with Gasteiger partial charge in [-0.2, -0.15) is 0 Å². The monoisotopic (exact) mass is 402 g/mol. The van der Waals surface area contributed by atoms with Gasteiger partial charge in [-0.25, -0.2) is 0 Å². The fourth-order valence-corrected chi connectivity index (χ4v) is 3.07. The van der Waals surface area contributed by atoms with E-state index in [1.54, 1.807) is 31.2 Å². The van der Waals surface area contributed by atoms with Crippen LogP contribution in [0.1, 0.15) is 34.0 Å². The first kappa shape index (κ1) is 21.1. The highest BCUT2D eigenvalue weighted by Crippen LogP contribution is 2.21. The lowest BCUT2D eigenvalue weighted by atomic mass is 10.1. The minimum Gasteiger partial charge on any atom is -0.481 e. The molecule has 5 nitrogen and oxygen atoms in total. The Morgan fingerprint density at radius 2 is 1.63 bits per heavy atom.